The van der Waals surface area contributed by atoms with E-state index in [-0.39, 0.29) is 24.1 Å². The Bertz CT molecular complexity index is 665. The highest BCUT2D eigenvalue weighted by Crippen LogP contribution is 2.20. The molecule has 1 N–H and O–H groups in total. The van der Waals surface area contributed by atoms with E-state index in [0.717, 1.165) is 26.1 Å². The van der Waals surface area contributed by atoms with Crippen LogP contribution in [-0.4, -0.2) is 42.8 Å². The molecule has 1 fully saturated rings. The van der Waals surface area contributed by atoms with Gasteiger partial charge >= 0.3 is 0 Å². The van der Waals surface area contributed by atoms with Crippen LogP contribution in [0.3, 0.4) is 0 Å². The normalized spacial score (nSPS) is 14.7. The first-order valence-corrected chi connectivity index (χ1v) is 8.32. The molecule has 6 heteroatoms. The number of thiophene rings is 1. The second-order valence-corrected chi connectivity index (χ2v) is 6.20. The predicted molar refractivity (Wildman–Crippen MR) is 94.8 cm³/mol. The minimum Gasteiger partial charge on any atom is -0.337 e. The summed E-state index contributed by atoms with van der Waals surface area (Å²) in [6.07, 6.45) is 0.937. The Labute approximate surface area is 145 Å². The molecule has 3 rings (SSSR count). The van der Waals surface area contributed by atoms with Gasteiger partial charge < -0.3 is 10.2 Å². The first-order valence-electron chi connectivity index (χ1n) is 7.44. The van der Waals surface area contributed by atoms with Crippen molar-refractivity contribution in [3.8, 4) is 0 Å². The molecule has 1 aliphatic rings. The van der Waals surface area contributed by atoms with Crippen LogP contribution in [0.4, 0.5) is 0 Å². The average molecular weight is 351 g/mol. The van der Waals surface area contributed by atoms with Gasteiger partial charge in [-0.05, 0) is 30.5 Å². The Morgan fingerprint density at radius 2 is 1.78 bits per heavy atom. The van der Waals surface area contributed by atoms with Gasteiger partial charge in [0.15, 0.2) is 0 Å². The summed E-state index contributed by atoms with van der Waals surface area (Å²) < 4.78 is 0. The van der Waals surface area contributed by atoms with Gasteiger partial charge in [0, 0.05) is 25.2 Å². The summed E-state index contributed by atoms with van der Waals surface area (Å²) in [7, 11) is 0. The van der Waals surface area contributed by atoms with E-state index in [4.69, 9.17) is 0 Å². The first kappa shape index (κ1) is 17.7. The molecule has 0 saturated carbocycles. The fourth-order valence-electron chi connectivity index (χ4n) is 2.63. The molecule has 122 valence electrons. The molecule has 0 radical (unpaired) electrons. The van der Waals surface area contributed by atoms with Gasteiger partial charge in [-0.3, -0.25) is 9.59 Å². The van der Waals surface area contributed by atoms with E-state index in [9.17, 15) is 9.59 Å². The molecule has 0 spiro atoms. The summed E-state index contributed by atoms with van der Waals surface area (Å²) >= 11 is 1.40. The van der Waals surface area contributed by atoms with Crippen LogP contribution < -0.4 is 5.32 Å². The summed E-state index contributed by atoms with van der Waals surface area (Å²) in [6.45, 7) is 3.14. The van der Waals surface area contributed by atoms with Crippen molar-refractivity contribution in [1.82, 2.24) is 10.2 Å². The summed E-state index contributed by atoms with van der Waals surface area (Å²) in [5.74, 6) is -0.129. The smallest absolute Gasteiger partial charge is 0.254 e. The van der Waals surface area contributed by atoms with Crippen LogP contribution in [0, 0.1) is 0 Å². The number of rotatable bonds is 3. The molecule has 2 aromatic rings. The minimum absolute atomic E-state index is 0. The van der Waals surface area contributed by atoms with E-state index >= 15 is 0 Å². The molecule has 2 heterocycles. The zero-order chi connectivity index (χ0) is 15.4. The largest absolute Gasteiger partial charge is 0.337 e. The van der Waals surface area contributed by atoms with Crippen LogP contribution in [-0.2, 0) is 0 Å². The standard InChI is InChI=1S/C17H18N2O2S.ClH/c20-16(15-7-3-12-22-15)13-5-1-2-6-14(13)17(21)19-10-4-8-18-9-11-19;/h1-3,5-7,12,18H,4,8-11H2;1H. The van der Waals surface area contributed by atoms with E-state index in [1.807, 2.05) is 28.5 Å². The van der Waals surface area contributed by atoms with Gasteiger partial charge in [-0.1, -0.05) is 24.3 Å². The first-order chi connectivity index (χ1) is 10.8. The van der Waals surface area contributed by atoms with Gasteiger partial charge in [0.1, 0.15) is 0 Å². The molecular weight excluding hydrogens is 332 g/mol. The second-order valence-electron chi connectivity index (χ2n) is 5.25. The van der Waals surface area contributed by atoms with Gasteiger partial charge in [0.05, 0.1) is 10.4 Å². The van der Waals surface area contributed by atoms with Crippen molar-refractivity contribution in [1.29, 1.82) is 0 Å². The van der Waals surface area contributed by atoms with Crippen LogP contribution in [0.5, 0.6) is 0 Å². The zero-order valence-electron chi connectivity index (χ0n) is 12.7. The quantitative estimate of drug-likeness (QED) is 0.866. The SMILES string of the molecule is Cl.O=C(c1cccs1)c1ccccc1C(=O)N1CCCNCC1. The molecule has 1 saturated heterocycles. The third kappa shape index (κ3) is 3.99. The third-order valence-corrected chi connectivity index (χ3v) is 4.64. The molecule has 0 unspecified atom stereocenters. The highest BCUT2D eigenvalue weighted by molar-refractivity contribution is 7.12. The molecule has 1 aliphatic heterocycles. The Morgan fingerprint density at radius 1 is 1.00 bits per heavy atom. The van der Waals surface area contributed by atoms with Crippen LogP contribution in [0.2, 0.25) is 0 Å². The molecule has 1 aromatic heterocycles. The lowest BCUT2D eigenvalue weighted by molar-refractivity contribution is 0.0762. The van der Waals surface area contributed by atoms with Crippen LogP contribution in [0.1, 0.15) is 32.0 Å². The van der Waals surface area contributed by atoms with Crippen molar-refractivity contribution in [2.45, 2.75) is 6.42 Å². The van der Waals surface area contributed by atoms with Gasteiger partial charge in [0.2, 0.25) is 5.78 Å². The molecule has 0 aliphatic carbocycles. The Kier molecular flexibility index (Phi) is 6.33. The number of nitrogens with one attached hydrogen (secondary N) is 1. The fraction of sp³-hybridized carbons (Fsp3) is 0.294. The number of ketones is 1. The maximum absolute atomic E-state index is 12.8. The van der Waals surface area contributed by atoms with Crippen molar-refractivity contribution in [2.24, 2.45) is 0 Å². The van der Waals surface area contributed by atoms with E-state index in [1.165, 1.54) is 11.3 Å². The molecule has 1 amide bonds. The van der Waals surface area contributed by atoms with Gasteiger partial charge in [0.25, 0.3) is 5.91 Å². The lowest BCUT2D eigenvalue weighted by atomic mass is 10.0. The van der Waals surface area contributed by atoms with Crippen LogP contribution in [0.25, 0.3) is 0 Å². The van der Waals surface area contributed by atoms with Gasteiger partial charge in [-0.2, -0.15) is 0 Å². The Balaban J connectivity index is 0.00000192. The van der Waals surface area contributed by atoms with Crippen molar-refractivity contribution in [3.05, 3.63) is 57.8 Å². The van der Waals surface area contributed by atoms with E-state index in [0.29, 0.717) is 22.5 Å². The van der Waals surface area contributed by atoms with Crippen molar-refractivity contribution >= 4 is 35.4 Å². The average Bonchev–Trinajstić information content (AvgIpc) is 2.96. The lowest BCUT2D eigenvalue weighted by Crippen LogP contribution is -2.35. The monoisotopic (exact) mass is 350 g/mol. The number of hydrogen-bond acceptors (Lipinski definition) is 4. The minimum atomic E-state index is -0.0769. The number of hydrogen-bond donors (Lipinski definition) is 1. The zero-order valence-corrected chi connectivity index (χ0v) is 14.3. The van der Waals surface area contributed by atoms with Crippen molar-refractivity contribution < 1.29 is 9.59 Å². The highest BCUT2D eigenvalue weighted by Gasteiger charge is 2.23. The molecule has 0 bridgehead atoms. The molecule has 0 atom stereocenters. The van der Waals surface area contributed by atoms with Crippen molar-refractivity contribution in [2.75, 3.05) is 26.2 Å². The second kappa shape index (κ2) is 8.24. The Morgan fingerprint density at radius 3 is 2.52 bits per heavy atom. The molecule has 23 heavy (non-hydrogen) atoms. The number of nitrogens with zero attached hydrogens (tertiary/aromatic N) is 1. The maximum Gasteiger partial charge on any atom is 0.254 e. The summed E-state index contributed by atoms with van der Waals surface area (Å²) in [5, 5.41) is 5.16. The lowest BCUT2D eigenvalue weighted by Gasteiger charge is -2.21. The predicted octanol–water partition coefficient (Wildman–Crippen LogP) is 2.84. The number of amides is 1. The molecular formula is C17H19ClN2O2S. The summed E-state index contributed by atoms with van der Waals surface area (Å²) in [5.41, 5.74) is 0.995. The van der Waals surface area contributed by atoms with Gasteiger partial charge in [-0.15, -0.1) is 23.7 Å². The number of benzene rings is 1. The van der Waals surface area contributed by atoms with Gasteiger partial charge in [-0.25, -0.2) is 0 Å². The Hall–Kier alpha value is -1.69. The van der Waals surface area contributed by atoms with Crippen LogP contribution in [0.15, 0.2) is 41.8 Å². The van der Waals surface area contributed by atoms with Crippen LogP contribution >= 0.6 is 23.7 Å². The highest BCUT2D eigenvalue weighted by atomic mass is 35.5. The summed E-state index contributed by atoms with van der Waals surface area (Å²) in [6, 6.07) is 10.8. The van der Waals surface area contributed by atoms with E-state index < -0.39 is 0 Å². The molecule has 4 nitrogen and oxygen atoms in total. The topological polar surface area (TPSA) is 49.4 Å². The third-order valence-electron chi connectivity index (χ3n) is 3.77. The summed E-state index contributed by atoms with van der Waals surface area (Å²) in [4.78, 5) is 27.9. The molecule has 1 aromatic carbocycles. The fourth-order valence-corrected chi connectivity index (χ4v) is 3.31. The number of carbonyl (C=O) groups is 2. The van der Waals surface area contributed by atoms with Crippen molar-refractivity contribution in [3.63, 3.8) is 0 Å². The van der Waals surface area contributed by atoms with E-state index in [2.05, 4.69) is 5.32 Å². The number of halogens is 1. The maximum atomic E-state index is 12.8. The van der Waals surface area contributed by atoms with E-state index in [1.54, 1.807) is 18.2 Å². The number of carbonyl (C=O) groups excluding carboxylic acids is 2.